The summed E-state index contributed by atoms with van der Waals surface area (Å²) in [6.45, 7) is 11.9. The summed E-state index contributed by atoms with van der Waals surface area (Å²) in [4.78, 5) is 0. The van der Waals surface area contributed by atoms with Crippen molar-refractivity contribution < 1.29 is 10.2 Å². The molecule has 0 aromatic heterocycles. The molecule has 2 N–H and O–H groups in total. The molecule has 4 aliphatic carbocycles. The third-order valence-corrected chi connectivity index (χ3v) is 10.1. The topological polar surface area (TPSA) is 40.5 Å². The van der Waals surface area contributed by atoms with Crippen LogP contribution < -0.4 is 0 Å². The summed E-state index contributed by atoms with van der Waals surface area (Å²) in [6, 6.07) is 0. The first-order valence-corrected chi connectivity index (χ1v) is 12.4. The Bertz CT molecular complexity index is 674. The van der Waals surface area contributed by atoms with Crippen LogP contribution in [0.15, 0.2) is 23.3 Å². The van der Waals surface area contributed by atoms with E-state index in [4.69, 9.17) is 0 Å². The van der Waals surface area contributed by atoms with Gasteiger partial charge in [0.25, 0.3) is 0 Å². The van der Waals surface area contributed by atoms with Crippen molar-refractivity contribution in [3.05, 3.63) is 23.3 Å². The van der Waals surface area contributed by atoms with Gasteiger partial charge in [0, 0.05) is 11.8 Å². The molecule has 0 saturated heterocycles. The van der Waals surface area contributed by atoms with Gasteiger partial charge < -0.3 is 10.2 Å². The number of fused-ring (bicyclic) bond motifs is 5. The predicted molar refractivity (Wildman–Crippen MR) is 120 cm³/mol. The Morgan fingerprint density at radius 3 is 2.66 bits per heavy atom. The van der Waals surface area contributed by atoms with E-state index in [1.54, 1.807) is 0 Å². The molecule has 2 nitrogen and oxygen atoms in total. The second-order valence-electron chi connectivity index (χ2n) is 11.8. The Hall–Kier alpha value is -0.600. The van der Waals surface area contributed by atoms with E-state index in [0.717, 1.165) is 30.1 Å². The molecule has 164 valence electrons. The van der Waals surface area contributed by atoms with E-state index in [9.17, 15) is 10.2 Å². The highest BCUT2D eigenvalue weighted by Gasteiger charge is 2.60. The molecule has 0 unspecified atom stereocenters. The summed E-state index contributed by atoms with van der Waals surface area (Å²) in [7, 11) is 0. The molecule has 4 rings (SSSR count). The van der Waals surface area contributed by atoms with E-state index < -0.39 is 0 Å². The van der Waals surface area contributed by atoms with Crippen molar-refractivity contribution in [2.45, 2.75) is 105 Å². The monoisotopic (exact) mass is 400 g/mol. The first kappa shape index (κ1) is 21.6. The third kappa shape index (κ3) is 3.47. The summed E-state index contributed by atoms with van der Waals surface area (Å²) in [5.41, 5.74) is 3.18. The zero-order valence-corrected chi connectivity index (χ0v) is 19.5. The summed E-state index contributed by atoms with van der Waals surface area (Å²) in [5, 5.41) is 21.3. The van der Waals surface area contributed by atoms with Gasteiger partial charge in [0.2, 0.25) is 0 Å². The van der Waals surface area contributed by atoms with Gasteiger partial charge in [-0.1, -0.05) is 44.1 Å². The van der Waals surface area contributed by atoms with Crippen molar-refractivity contribution in [2.75, 3.05) is 0 Å². The minimum Gasteiger partial charge on any atom is -0.393 e. The highest BCUT2D eigenvalue weighted by Crippen LogP contribution is 2.67. The van der Waals surface area contributed by atoms with Crippen LogP contribution in [-0.4, -0.2) is 22.4 Å². The van der Waals surface area contributed by atoms with Crippen LogP contribution >= 0.6 is 0 Å². The second kappa shape index (κ2) is 7.83. The molecular weight excluding hydrogens is 356 g/mol. The maximum atomic E-state index is 11.1. The minimum absolute atomic E-state index is 0.101. The number of aliphatic hydroxyl groups is 2. The molecule has 4 aliphatic rings. The SMILES string of the molecule is CC(C)=CCC[C@@H](C)[C@H]1CC[C@H]2[C@@H]3CC=C4C[C@H](O)C[C@H](O)[C@]4(C)[C@H]3CC[C@]12C. The van der Waals surface area contributed by atoms with Gasteiger partial charge in [0.15, 0.2) is 0 Å². The highest BCUT2D eigenvalue weighted by atomic mass is 16.3. The number of hydrogen-bond donors (Lipinski definition) is 2. The smallest absolute Gasteiger partial charge is 0.0658 e. The Morgan fingerprint density at radius 2 is 1.93 bits per heavy atom. The molecule has 0 spiro atoms. The molecule has 0 radical (unpaired) electrons. The van der Waals surface area contributed by atoms with E-state index in [-0.39, 0.29) is 17.6 Å². The zero-order chi connectivity index (χ0) is 21.0. The largest absolute Gasteiger partial charge is 0.393 e. The fourth-order valence-corrected chi connectivity index (χ4v) is 8.51. The van der Waals surface area contributed by atoms with Crippen LogP contribution in [0.3, 0.4) is 0 Å². The Morgan fingerprint density at radius 1 is 1.17 bits per heavy atom. The number of aliphatic hydroxyl groups excluding tert-OH is 2. The van der Waals surface area contributed by atoms with E-state index in [1.807, 2.05) is 0 Å². The maximum Gasteiger partial charge on any atom is 0.0658 e. The molecule has 2 heteroatoms. The lowest BCUT2D eigenvalue weighted by Crippen LogP contribution is -2.55. The van der Waals surface area contributed by atoms with Crippen LogP contribution in [0.1, 0.15) is 92.4 Å². The molecule has 0 aromatic rings. The standard InChI is InChI=1S/C27H44O2/c1-17(2)7-6-8-18(3)22-11-12-23-21-10-9-19-15-20(28)16-25(29)27(19,5)24(21)13-14-26(22,23)4/h7,9,18,20-25,28-29H,6,8,10-16H2,1-5H3/t18-,20+,21+,22-,23+,24+,25+,26-,27+/m1/s1. The Balaban J connectivity index is 1.54. The first-order chi connectivity index (χ1) is 13.7. The molecule has 3 fully saturated rings. The van der Waals surface area contributed by atoms with Gasteiger partial charge in [-0.15, -0.1) is 0 Å². The third-order valence-electron chi connectivity index (χ3n) is 10.1. The van der Waals surface area contributed by atoms with Crippen LogP contribution in [0.25, 0.3) is 0 Å². The lowest BCUT2D eigenvalue weighted by atomic mass is 9.46. The van der Waals surface area contributed by atoms with Gasteiger partial charge in [-0.05, 0) is 100 Å². The van der Waals surface area contributed by atoms with Crippen LogP contribution in [0, 0.1) is 40.4 Å². The summed E-state index contributed by atoms with van der Waals surface area (Å²) in [5.74, 6) is 3.80. The summed E-state index contributed by atoms with van der Waals surface area (Å²) >= 11 is 0. The molecule has 29 heavy (non-hydrogen) atoms. The van der Waals surface area contributed by atoms with Gasteiger partial charge in [-0.2, -0.15) is 0 Å². The summed E-state index contributed by atoms with van der Waals surface area (Å²) < 4.78 is 0. The van der Waals surface area contributed by atoms with Crippen molar-refractivity contribution in [1.82, 2.24) is 0 Å². The van der Waals surface area contributed by atoms with Crippen LogP contribution in [0.5, 0.6) is 0 Å². The number of allylic oxidation sites excluding steroid dienone is 3. The minimum atomic E-state index is -0.380. The van der Waals surface area contributed by atoms with Crippen LogP contribution in [-0.2, 0) is 0 Å². The normalized spacial score (nSPS) is 47.5. The van der Waals surface area contributed by atoms with Crippen molar-refractivity contribution in [2.24, 2.45) is 40.4 Å². The second-order valence-corrected chi connectivity index (χ2v) is 11.8. The molecule has 0 aromatic carbocycles. The molecule has 9 atom stereocenters. The van der Waals surface area contributed by atoms with Gasteiger partial charge in [-0.25, -0.2) is 0 Å². The zero-order valence-electron chi connectivity index (χ0n) is 19.5. The van der Waals surface area contributed by atoms with E-state index in [1.165, 1.54) is 56.1 Å². The van der Waals surface area contributed by atoms with E-state index in [2.05, 4.69) is 46.8 Å². The molecule has 0 amide bonds. The van der Waals surface area contributed by atoms with Gasteiger partial charge in [0.1, 0.15) is 0 Å². The molecule has 0 heterocycles. The highest BCUT2D eigenvalue weighted by molar-refractivity contribution is 5.27. The average Bonchev–Trinajstić information content (AvgIpc) is 3.00. The Labute approximate surface area is 178 Å². The van der Waals surface area contributed by atoms with Gasteiger partial charge in [-0.3, -0.25) is 0 Å². The number of rotatable bonds is 4. The fourth-order valence-electron chi connectivity index (χ4n) is 8.51. The lowest BCUT2D eigenvalue weighted by molar-refractivity contribution is -0.108. The van der Waals surface area contributed by atoms with Gasteiger partial charge in [0.05, 0.1) is 12.2 Å². The molecular formula is C27H44O2. The van der Waals surface area contributed by atoms with Crippen molar-refractivity contribution in [3.63, 3.8) is 0 Å². The maximum absolute atomic E-state index is 11.1. The van der Waals surface area contributed by atoms with Crippen molar-refractivity contribution >= 4 is 0 Å². The van der Waals surface area contributed by atoms with E-state index in [0.29, 0.717) is 17.8 Å². The number of hydrogen-bond acceptors (Lipinski definition) is 2. The van der Waals surface area contributed by atoms with Crippen molar-refractivity contribution in [1.29, 1.82) is 0 Å². The van der Waals surface area contributed by atoms with E-state index >= 15 is 0 Å². The van der Waals surface area contributed by atoms with Crippen LogP contribution in [0.4, 0.5) is 0 Å². The fraction of sp³-hybridized carbons (Fsp3) is 0.852. The quantitative estimate of drug-likeness (QED) is 0.545. The lowest BCUT2D eigenvalue weighted by Gasteiger charge is -2.59. The molecule has 0 aliphatic heterocycles. The average molecular weight is 401 g/mol. The van der Waals surface area contributed by atoms with Crippen molar-refractivity contribution in [3.8, 4) is 0 Å². The summed E-state index contributed by atoms with van der Waals surface area (Å²) in [6.07, 6.45) is 14.5. The van der Waals surface area contributed by atoms with Crippen LogP contribution in [0.2, 0.25) is 0 Å². The van der Waals surface area contributed by atoms with Gasteiger partial charge >= 0.3 is 0 Å². The Kier molecular flexibility index (Phi) is 5.84. The predicted octanol–water partition coefficient (Wildman–Crippen LogP) is 6.28. The first-order valence-electron chi connectivity index (χ1n) is 12.4. The molecule has 0 bridgehead atoms. The molecule has 3 saturated carbocycles.